The molecular formula is C21H22FN3O5. The molecule has 158 valence electrons. The molecule has 0 radical (unpaired) electrons. The summed E-state index contributed by atoms with van der Waals surface area (Å²) < 4.78 is 35.9. The molecule has 30 heavy (non-hydrogen) atoms. The molecule has 3 rings (SSSR count). The van der Waals surface area contributed by atoms with E-state index in [2.05, 4.69) is 15.5 Å². The van der Waals surface area contributed by atoms with E-state index in [9.17, 15) is 9.18 Å². The highest BCUT2D eigenvalue weighted by Crippen LogP contribution is 2.41. The van der Waals surface area contributed by atoms with Gasteiger partial charge in [-0.15, -0.1) is 5.10 Å². The van der Waals surface area contributed by atoms with E-state index in [0.29, 0.717) is 42.6 Å². The fraction of sp³-hybridized carbons (Fsp3) is 0.286. The number of halogens is 1. The Kier molecular flexibility index (Phi) is 6.84. The first-order chi connectivity index (χ1) is 14.5. The highest BCUT2D eigenvalue weighted by atomic mass is 19.1. The minimum atomic E-state index is -0.568. The number of ether oxygens (including phenoxy) is 3. The van der Waals surface area contributed by atoms with E-state index < -0.39 is 11.7 Å². The predicted molar refractivity (Wildman–Crippen MR) is 108 cm³/mol. The van der Waals surface area contributed by atoms with E-state index in [4.69, 9.17) is 18.6 Å². The Bertz CT molecular complexity index is 994. The molecule has 8 nitrogen and oxygen atoms in total. The molecule has 0 atom stereocenters. The Morgan fingerprint density at radius 3 is 2.27 bits per heavy atom. The average molecular weight is 415 g/mol. The van der Waals surface area contributed by atoms with Crippen LogP contribution in [0.2, 0.25) is 0 Å². The second kappa shape index (κ2) is 9.73. The van der Waals surface area contributed by atoms with Crippen LogP contribution in [0.15, 0.2) is 40.8 Å². The first kappa shape index (κ1) is 21.1. The van der Waals surface area contributed by atoms with E-state index in [-0.39, 0.29) is 17.5 Å². The van der Waals surface area contributed by atoms with Gasteiger partial charge in [0.2, 0.25) is 11.6 Å². The van der Waals surface area contributed by atoms with Crippen molar-refractivity contribution in [1.82, 2.24) is 10.2 Å². The molecule has 1 amide bonds. The maximum atomic E-state index is 13.3. The Hall–Kier alpha value is -3.62. The molecule has 1 N–H and O–H groups in total. The number of amides is 1. The van der Waals surface area contributed by atoms with Gasteiger partial charge in [-0.1, -0.05) is 11.2 Å². The van der Waals surface area contributed by atoms with E-state index >= 15 is 0 Å². The van der Waals surface area contributed by atoms with Crippen molar-refractivity contribution >= 4 is 11.9 Å². The molecule has 0 aliphatic heterocycles. The van der Waals surface area contributed by atoms with Crippen LogP contribution in [0.4, 0.5) is 10.4 Å². The molecule has 0 spiro atoms. The number of carbonyl (C=O) groups is 1. The van der Waals surface area contributed by atoms with Crippen molar-refractivity contribution in [2.24, 2.45) is 0 Å². The molecule has 0 fully saturated rings. The van der Waals surface area contributed by atoms with Crippen LogP contribution in [0.25, 0.3) is 11.5 Å². The number of hydrogen-bond acceptors (Lipinski definition) is 7. The lowest BCUT2D eigenvalue weighted by atomic mass is 10.2. The molecule has 2 aromatic carbocycles. The van der Waals surface area contributed by atoms with Crippen LogP contribution in [0.5, 0.6) is 17.2 Å². The Balaban J connectivity index is 1.89. The Labute approximate surface area is 173 Å². The standard InChI is InChI=1S/C21H22FN3O5/c1-4-27-16-11-14(12-17(28-5-2)18(16)29-6-3)20-24-25-21(30-20)23-19(26)13-8-7-9-15(22)10-13/h7-12H,4-6H2,1-3H3,(H,23,25,26). The number of carbonyl (C=O) groups excluding carboxylic acids is 1. The van der Waals surface area contributed by atoms with Crippen molar-refractivity contribution < 1.29 is 27.8 Å². The van der Waals surface area contributed by atoms with Crippen molar-refractivity contribution in [2.75, 3.05) is 25.1 Å². The first-order valence-corrected chi connectivity index (χ1v) is 9.52. The van der Waals surface area contributed by atoms with Crippen molar-refractivity contribution in [2.45, 2.75) is 20.8 Å². The van der Waals surface area contributed by atoms with Crippen molar-refractivity contribution in [1.29, 1.82) is 0 Å². The molecule has 9 heteroatoms. The number of aromatic nitrogens is 2. The summed E-state index contributed by atoms with van der Waals surface area (Å²) in [5.74, 6) is 0.503. The van der Waals surface area contributed by atoms with Gasteiger partial charge in [-0.3, -0.25) is 10.1 Å². The van der Waals surface area contributed by atoms with Gasteiger partial charge in [0, 0.05) is 11.1 Å². The number of rotatable bonds is 9. The maximum absolute atomic E-state index is 13.3. The van der Waals surface area contributed by atoms with Crippen LogP contribution < -0.4 is 19.5 Å². The zero-order valence-corrected chi connectivity index (χ0v) is 16.9. The van der Waals surface area contributed by atoms with Gasteiger partial charge in [0.25, 0.3) is 5.91 Å². The van der Waals surface area contributed by atoms with Crippen LogP contribution in [-0.2, 0) is 0 Å². The molecular weight excluding hydrogens is 393 g/mol. The van der Waals surface area contributed by atoms with E-state index in [1.165, 1.54) is 18.2 Å². The molecule has 0 aliphatic rings. The SMILES string of the molecule is CCOc1cc(-c2nnc(NC(=O)c3cccc(F)c3)o2)cc(OCC)c1OCC. The predicted octanol–water partition coefficient (Wildman–Crippen LogP) is 4.32. The summed E-state index contributed by atoms with van der Waals surface area (Å²) in [6.45, 7) is 6.87. The molecule has 1 heterocycles. The third-order valence-electron chi connectivity index (χ3n) is 3.89. The van der Waals surface area contributed by atoms with Gasteiger partial charge in [-0.05, 0) is 51.1 Å². The van der Waals surface area contributed by atoms with Crippen LogP contribution in [0, 0.1) is 5.82 Å². The third-order valence-corrected chi connectivity index (χ3v) is 3.89. The number of anilines is 1. The number of nitrogens with one attached hydrogen (secondary N) is 1. The molecule has 0 unspecified atom stereocenters. The van der Waals surface area contributed by atoms with E-state index in [1.54, 1.807) is 12.1 Å². The van der Waals surface area contributed by atoms with Gasteiger partial charge in [-0.25, -0.2) is 4.39 Å². The highest BCUT2D eigenvalue weighted by molar-refractivity contribution is 6.03. The largest absolute Gasteiger partial charge is 0.490 e. The number of hydrogen-bond donors (Lipinski definition) is 1. The zero-order valence-electron chi connectivity index (χ0n) is 16.9. The summed E-state index contributed by atoms with van der Waals surface area (Å²) in [6.07, 6.45) is 0. The van der Waals surface area contributed by atoms with Crippen molar-refractivity contribution in [3.63, 3.8) is 0 Å². The van der Waals surface area contributed by atoms with Gasteiger partial charge >= 0.3 is 6.01 Å². The molecule has 0 saturated heterocycles. The second-order valence-electron chi connectivity index (χ2n) is 5.98. The van der Waals surface area contributed by atoms with Crippen molar-refractivity contribution in [3.05, 3.63) is 47.8 Å². The van der Waals surface area contributed by atoms with Crippen LogP contribution in [0.3, 0.4) is 0 Å². The molecule has 3 aromatic rings. The minimum absolute atomic E-state index is 0.121. The maximum Gasteiger partial charge on any atom is 0.322 e. The van der Waals surface area contributed by atoms with E-state index in [1.807, 2.05) is 20.8 Å². The summed E-state index contributed by atoms with van der Waals surface area (Å²) in [6, 6.07) is 8.55. The summed E-state index contributed by atoms with van der Waals surface area (Å²) in [5, 5.41) is 10.3. The molecule has 0 aliphatic carbocycles. The summed E-state index contributed by atoms with van der Waals surface area (Å²) >= 11 is 0. The highest BCUT2D eigenvalue weighted by Gasteiger charge is 2.19. The van der Waals surface area contributed by atoms with Crippen LogP contribution >= 0.6 is 0 Å². The van der Waals surface area contributed by atoms with Crippen molar-refractivity contribution in [3.8, 4) is 28.7 Å². The fourth-order valence-corrected chi connectivity index (χ4v) is 2.70. The van der Waals surface area contributed by atoms with E-state index in [0.717, 1.165) is 6.07 Å². The average Bonchev–Trinajstić information content (AvgIpc) is 3.19. The quantitative estimate of drug-likeness (QED) is 0.556. The molecule has 0 bridgehead atoms. The van der Waals surface area contributed by atoms with Gasteiger partial charge in [0.1, 0.15) is 5.82 Å². The first-order valence-electron chi connectivity index (χ1n) is 9.52. The fourth-order valence-electron chi connectivity index (χ4n) is 2.70. The van der Waals surface area contributed by atoms with Crippen LogP contribution in [-0.4, -0.2) is 35.9 Å². The van der Waals surface area contributed by atoms with Gasteiger partial charge in [0.15, 0.2) is 11.5 Å². The second-order valence-corrected chi connectivity index (χ2v) is 5.98. The monoisotopic (exact) mass is 415 g/mol. The number of nitrogens with zero attached hydrogens (tertiary/aromatic N) is 2. The molecule has 1 aromatic heterocycles. The lowest BCUT2D eigenvalue weighted by Crippen LogP contribution is -2.12. The van der Waals surface area contributed by atoms with Gasteiger partial charge in [-0.2, -0.15) is 0 Å². The van der Waals surface area contributed by atoms with Crippen LogP contribution in [0.1, 0.15) is 31.1 Å². The lowest BCUT2D eigenvalue weighted by molar-refractivity contribution is 0.102. The zero-order chi connectivity index (χ0) is 21.5. The van der Waals surface area contributed by atoms with Gasteiger partial charge < -0.3 is 18.6 Å². The topological polar surface area (TPSA) is 95.7 Å². The summed E-state index contributed by atoms with van der Waals surface area (Å²) in [5.41, 5.74) is 0.664. The number of benzene rings is 2. The smallest absolute Gasteiger partial charge is 0.322 e. The molecule has 0 saturated carbocycles. The van der Waals surface area contributed by atoms with Gasteiger partial charge in [0.05, 0.1) is 19.8 Å². The Morgan fingerprint density at radius 2 is 1.67 bits per heavy atom. The minimum Gasteiger partial charge on any atom is -0.490 e. The lowest BCUT2D eigenvalue weighted by Gasteiger charge is -2.16. The third kappa shape index (κ3) is 4.86. The normalized spacial score (nSPS) is 10.5. The summed E-state index contributed by atoms with van der Waals surface area (Å²) in [4.78, 5) is 12.2. The Morgan fingerprint density at radius 1 is 1.00 bits per heavy atom. The summed E-state index contributed by atoms with van der Waals surface area (Å²) in [7, 11) is 0.